The summed E-state index contributed by atoms with van der Waals surface area (Å²) >= 11 is 0. The number of ether oxygens (including phenoxy) is 1. The Labute approximate surface area is 419 Å². The second-order valence-electron chi connectivity index (χ2n) is 20.2. The fourth-order valence-corrected chi connectivity index (χ4v) is 8.94. The molecule has 0 spiro atoms. The summed E-state index contributed by atoms with van der Waals surface area (Å²) in [6, 6.07) is 38.1. The van der Waals surface area contributed by atoms with Gasteiger partial charge >= 0.3 is 0 Å². The number of nitrogens with zero attached hydrogens (tertiary/aromatic N) is 4. The molecule has 0 saturated carbocycles. The van der Waals surface area contributed by atoms with Crippen molar-refractivity contribution in [2.24, 2.45) is 0 Å². The van der Waals surface area contributed by atoms with E-state index < -0.39 is 24.2 Å². The molecule has 6 heteroatoms. The third-order valence-corrected chi connectivity index (χ3v) is 12.6. The minimum Gasteiger partial charge on any atom is -0.510 e. The zero-order valence-electron chi connectivity index (χ0n) is 46.9. The van der Waals surface area contributed by atoms with Crippen LogP contribution in [0.2, 0.25) is 0 Å². The monoisotopic (exact) mass is 1060 g/mol. The van der Waals surface area contributed by atoms with Crippen molar-refractivity contribution in [3.8, 4) is 39.8 Å². The van der Waals surface area contributed by atoms with Gasteiger partial charge in [-0.25, -0.2) is 4.98 Å². The minimum atomic E-state index is -0.492. The van der Waals surface area contributed by atoms with E-state index in [2.05, 4.69) is 123 Å². The van der Waals surface area contributed by atoms with Crippen LogP contribution in [0.4, 0.5) is 0 Å². The third kappa shape index (κ3) is 7.78. The van der Waals surface area contributed by atoms with Crippen molar-refractivity contribution in [3.63, 3.8) is 0 Å². The van der Waals surface area contributed by atoms with E-state index >= 15 is 0 Å². The summed E-state index contributed by atoms with van der Waals surface area (Å²) in [5.74, 6) is 1.53. The fourth-order valence-electron chi connectivity index (χ4n) is 8.94. The van der Waals surface area contributed by atoms with Crippen molar-refractivity contribution in [2.75, 3.05) is 0 Å². The van der Waals surface area contributed by atoms with Gasteiger partial charge in [0.1, 0.15) is 5.82 Å². The smallest absolute Gasteiger partial charge is 0.135 e. The van der Waals surface area contributed by atoms with E-state index in [4.69, 9.17) is 20.7 Å². The van der Waals surface area contributed by atoms with Crippen LogP contribution in [0.25, 0.3) is 82.8 Å². The molecular weight excluding hydrogens is 1000 g/mol. The Kier molecular flexibility index (Phi) is 8.63. The summed E-state index contributed by atoms with van der Waals surface area (Å²) in [6.07, 6.45) is 5.53. The molecule has 4 aromatic heterocycles. The zero-order valence-corrected chi connectivity index (χ0v) is 41.2. The summed E-state index contributed by atoms with van der Waals surface area (Å²) in [6.45, 7) is 19.9. The summed E-state index contributed by atoms with van der Waals surface area (Å²) in [5, 5.41) is 2.61. The van der Waals surface area contributed by atoms with E-state index in [1.165, 1.54) is 15.7 Å². The van der Waals surface area contributed by atoms with E-state index in [0.717, 1.165) is 49.6 Å². The number of hydrogen-bond acceptors (Lipinski definition) is 2. The van der Waals surface area contributed by atoms with Gasteiger partial charge in [-0.05, 0) is 92.5 Å². The molecule has 4 heterocycles. The van der Waals surface area contributed by atoms with Crippen LogP contribution in [-0.4, -0.2) is 18.7 Å². The molecule has 0 N–H and O–H groups in total. The Hall–Kier alpha value is -6.68. The van der Waals surface area contributed by atoms with Crippen LogP contribution in [0.1, 0.15) is 90.0 Å². The molecule has 0 atom stereocenters. The second kappa shape index (κ2) is 16.3. The van der Waals surface area contributed by atoms with Crippen LogP contribution in [-0.2, 0) is 37.3 Å². The number of aromatic nitrogens is 4. The average molecular weight is 1060 g/mol. The molecule has 0 saturated heterocycles. The topological polar surface area (TPSA) is 36.9 Å². The van der Waals surface area contributed by atoms with Crippen LogP contribution in [0.15, 0.2) is 158 Å². The molecule has 5 nitrogen and oxygen atoms in total. The molecule has 0 unspecified atom stereocenters. The van der Waals surface area contributed by atoms with Crippen LogP contribution in [0, 0.1) is 18.3 Å². The maximum absolute atomic E-state index is 9.11. The molecular formula is C61H53N4OPt-3. The first-order valence-corrected chi connectivity index (χ1v) is 22.3. The molecule has 336 valence electrons. The largest absolute Gasteiger partial charge is 0.510 e. The molecule has 7 aromatic carbocycles. The van der Waals surface area contributed by atoms with Gasteiger partial charge in [-0.1, -0.05) is 163 Å². The van der Waals surface area contributed by atoms with Crippen LogP contribution < -0.4 is 4.74 Å². The average Bonchev–Trinajstić information content (AvgIpc) is 4.08. The van der Waals surface area contributed by atoms with E-state index in [-0.39, 0.29) is 83.3 Å². The first-order chi connectivity index (χ1) is 34.9. The normalized spacial score (nSPS) is 14.1. The summed E-state index contributed by atoms with van der Waals surface area (Å²) in [4.78, 5) is 4.89. The van der Waals surface area contributed by atoms with Crippen LogP contribution >= 0.6 is 0 Å². The number of pyridine rings is 1. The maximum atomic E-state index is 9.11. The predicted octanol–water partition coefficient (Wildman–Crippen LogP) is 16.0. The Morgan fingerprint density at radius 2 is 1.18 bits per heavy atom. The standard InChI is InChI=1S/C61H53N4O.Pt/c1-59(2,3)40-29-30-62-58(34-40)65-56-28-25-44(64-54-23-14-11-19-47(54)48-20-12-15-24-55(48)64)36-51(56)50-27-26-46(37-57(50)65)66-45-18-16-17-43(35-45)63-38-52(49-21-10-13-22-53(49)63)39-31-41(60(4,5)6)33-42(32-39)61(7,8)9;/h10-34,36H,1-9H3;/q-3;/i11D,12D,14D,15D,19D,20D,23D,24D;. The van der Waals surface area contributed by atoms with Gasteiger partial charge in [0.2, 0.25) is 0 Å². The summed E-state index contributed by atoms with van der Waals surface area (Å²) < 4.78 is 82.8. The van der Waals surface area contributed by atoms with E-state index in [1.54, 1.807) is 12.3 Å². The molecule has 0 aliphatic carbocycles. The SMILES string of the molecule is [2H]c1c([2H])c([2H])c2c(c1[2H])c1c([2H])c([2H])c([2H])c([2H])c1n2-c1ccc2c(c1)c1ccc(Oc3[c-]c(-n4[c-]c(-c5cc(C(C)(C)C)cc(C(C)(C)C)c5)c5ccccc54)ccc3)[c-]c1n2-c1cc(C(C)(C)C)ccn1.[Pt]. The molecule has 0 fully saturated rings. The van der Waals surface area contributed by atoms with Crippen molar-refractivity contribution in [3.05, 3.63) is 193 Å². The van der Waals surface area contributed by atoms with Gasteiger partial charge in [-0.3, -0.25) is 0 Å². The number of para-hydroxylation sites is 3. The molecule has 0 amide bonds. The van der Waals surface area contributed by atoms with E-state index in [1.807, 2.05) is 63.7 Å². The summed E-state index contributed by atoms with van der Waals surface area (Å²) in [7, 11) is 0. The molecule has 0 aliphatic heterocycles. The van der Waals surface area contributed by atoms with Gasteiger partial charge in [0, 0.05) is 60.7 Å². The van der Waals surface area contributed by atoms with E-state index in [0.29, 0.717) is 28.5 Å². The van der Waals surface area contributed by atoms with Gasteiger partial charge in [-0.2, -0.15) is 24.3 Å². The molecule has 0 radical (unpaired) electrons. The van der Waals surface area contributed by atoms with Crippen molar-refractivity contribution in [1.82, 2.24) is 18.7 Å². The molecule has 0 aliphatic rings. The molecule has 67 heavy (non-hydrogen) atoms. The number of rotatable bonds is 6. The second-order valence-corrected chi connectivity index (χ2v) is 20.2. The predicted molar refractivity (Wildman–Crippen MR) is 274 cm³/mol. The van der Waals surface area contributed by atoms with Crippen molar-refractivity contribution < 1.29 is 36.8 Å². The molecule has 11 aromatic rings. The van der Waals surface area contributed by atoms with Crippen molar-refractivity contribution in [1.29, 1.82) is 0 Å². The van der Waals surface area contributed by atoms with Crippen molar-refractivity contribution >= 4 is 54.5 Å². The van der Waals surface area contributed by atoms with Crippen LogP contribution in [0.3, 0.4) is 0 Å². The van der Waals surface area contributed by atoms with Gasteiger partial charge in [0.15, 0.2) is 0 Å². The third-order valence-electron chi connectivity index (χ3n) is 12.6. The quantitative estimate of drug-likeness (QED) is 0.156. The number of benzene rings is 7. The Morgan fingerprint density at radius 3 is 1.87 bits per heavy atom. The number of fused-ring (bicyclic) bond motifs is 7. The zero-order chi connectivity index (χ0) is 52.7. The van der Waals surface area contributed by atoms with Gasteiger partial charge in [-0.15, -0.1) is 29.3 Å². The van der Waals surface area contributed by atoms with Crippen molar-refractivity contribution in [2.45, 2.75) is 78.6 Å². The maximum Gasteiger partial charge on any atom is 0.135 e. The molecule has 11 rings (SSSR count). The fraction of sp³-hybridized carbons (Fsp3) is 0.197. The van der Waals surface area contributed by atoms with Gasteiger partial charge in [0.25, 0.3) is 0 Å². The van der Waals surface area contributed by atoms with Gasteiger partial charge < -0.3 is 18.4 Å². The van der Waals surface area contributed by atoms with E-state index in [9.17, 15) is 0 Å². The Balaban J connectivity index is 0.00000641. The Morgan fingerprint density at radius 1 is 0.522 bits per heavy atom. The van der Waals surface area contributed by atoms with Crippen LogP contribution in [0.5, 0.6) is 11.5 Å². The Bertz CT molecular complexity index is 4060. The molecule has 0 bridgehead atoms. The van der Waals surface area contributed by atoms with Gasteiger partial charge in [0.05, 0.1) is 22.0 Å². The first-order valence-electron chi connectivity index (χ1n) is 26.3. The minimum absolute atomic E-state index is 0. The first kappa shape index (κ1) is 35.5. The summed E-state index contributed by atoms with van der Waals surface area (Å²) in [5.41, 5.74) is 9.04. The number of hydrogen-bond donors (Lipinski definition) is 0.